The zero-order chi connectivity index (χ0) is 34.1. The van der Waals surface area contributed by atoms with Crippen molar-refractivity contribution in [2.45, 2.75) is 19.3 Å². The predicted octanol–water partition coefficient (Wildman–Crippen LogP) is 14.1. The van der Waals surface area contributed by atoms with Gasteiger partial charge in [-0.3, -0.25) is 0 Å². The molecule has 0 heterocycles. The Morgan fingerprint density at radius 3 is 1.51 bits per heavy atom. The van der Waals surface area contributed by atoms with Crippen molar-refractivity contribution >= 4 is 32.3 Å². The van der Waals surface area contributed by atoms with Gasteiger partial charge in [0.2, 0.25) is 0 Å². The van der Waals surface area contributed by atoms with E-state index in [2.05, 4.69) is 196 Å². The van der Waals surface area contributed by atoms with Gasteiger partial charge in [0.15, 0.2) is 0 Å². The van der Waals surface area contributed by atoms with E-state index in [0.717, 1.165) is 0 Å². The number of hydrogen-bond acceptors (Lipinski definition) is 0. The van der Waals surface area contributed by atoms with Crippen LogP contribution in [0.25, 0.3) is 88.0 Å². The topological polar surface area (TPSA) is 0 Å². The van der Waals surface area contributed by atoms with Crippen LogP contribution in [0, 0.1) is 0 Å². The second-order valence-electron chi connectivity index (χ2n) is 14.5. The lowest BCUT2D eigenvalue weighted by molar-refractivity contribution is 0.660. The van der Waals surface area contributed by atoms with Crippen molar-refractivity contribution in [2.75, 3.05) is 0 Å². The van der Waals surface area contributed by atoms with E-state index in [1.165, 1.54) is 99.1 Å². The molecule has 1 aliphatic carbocycles. The Morgan fingerprint density at radius 1 is 0.294 bits per heavy atom. The van der Waals surface area contributed by atoms with Gasteiger partial charge in [0.25, 0.3) is 0 Å². The molecule has 0 bridgehead atoms. The molecule has 0 heteroatoms. The van der Waals surface area contributed by atoms with Crippen LogP contribution in [-0.2, 0) is 5.41 Å². The number of rotatable bonds is 4. The van der Waals surface area contributed by atoms with Gasteiger partial charge >= 0.3 is 0 Å². The average molecular weight is 649 g/mol. The van der Waals surface area contributed by atoms with Gasteiger partial charge < -0.3 is 0 Å². The van der Waals surface area contributed by atoms with Crippen molar-refractivity contribution in [3.63, 3.8) is 0 Å². The summed E-state index contributed by atoms with van der Waals surface area (Å²) < 4.78 is 0. The fraction of sp³-hybridized carbons (Fsp3) is 0.0588. The summed E-state index contributed by atoms with van der Waals surface area (Å²) in [6.07, 6.45) is 0. The van der Waals surface area contributed by atoms with E-state index in [9.17, 15) is 0 Å². The van der Waals surface area contributed by atoms with Gasteiger partial charge in [0.05, 0.1) is 0 Å². The third kappa shape index (κ3) is 4.60. The molecular weight excluding hydrogens is 613 g/mol. The van der Waals surface area contributed by atoms with Gasteiger partial charge in [-0.2, -0.15) is 0 Å². The molecule has 0 saturated heterocycles. The molecule has 0 fully saturated rings. The molecule has 0 nitrogen and oxygen atoms in total. The molecule has 0 radical (unpaired) electrons. The van der Waals surface area contributed by atoms with Gasteiger partial charge in [0, 0.05) is 5.41 Å². The molecule has 9 aromatic carbocycles. The summed E-state index contributed by atoms with van der Waals surface area (Å²) in [7, 11) is 0. The lowest BCUT2D eigenvalue weighted by atomic mass is 9.81. The van der Waals surface area contributed by atoms with Gasteiger partial charge in [-0.15, -0.1) is 0 Å². The summed E-state index contributed by atoms with van der Waals surface area (Å²) in [6.45, 7) is 4.70. The minimum Gasteiger partial charge on any atom is -0.0619 e. The van der Waals surface area contributed by atoms with Gasteiger partial charge in [-0.1, -0.05) is 184 Å². The largest absolute Gasteiger partial charge is 0.0619 e. The Morgan fingerprint density at radius 2 is 0.784 bits per heavy atom. The molecule has 1 aliphatic rings. The SMILES string of the molecule is CC1(C)c2ccccc2-c2ccc(-c3ccc(-c4c5ccccc5c(-c5cccc(-c6cccc7ccccc67)c5)c5ccccc45)cc3)cc21. The van der Waals surface area contributed by atoms with Crippen molar-refractivity contribution in [1.82, 2.24) is 0 Å². The summed E-state index contributed by atoms with van der Waals surface area (Å²) in [5, 5.41) is 7.62. The molecule has 0 aromatic heterocycles. The van der Waals surface area contributed by atoms with E-state index in [1.807, 2.05) is 0 Å². The van der Waals surface area contributed by atoms with E-state index >= 15 is 0 Å². The van der Waals surface area contributed by atoms with Crippen LogP contribution in [0.4, 0.5) is 0 Å². The third-order valence-corrected chi connectivity index (χ3v) is 11.3. The fourth-order valence-electron chi connectivity index (χ4n) is 8.78. The van der Waals surface area contributed by atoms with Crippen molar-refractivity contribution in [3.8, 4) is 55.6 Å². The maximum Gasteiger partial charge on any atom is 0.0159 e. The number of fused-ring (bicyclic) bond motifs is 6. The van der Waals surface area contributed by atoms with Crippen LogP contribution in [-0.4, -0.2) is 0 Å². The van der Waals surface area contributed by atoms with Crippen LogP contribution >= 0.6 is 0 Å². The van der Waals surface area contributed by atoms with Crippen LogP contribution in [0.3, 0.4) is 0 Å². The van der Waals surface area contributed by atoms with Crippen LogP contribution in [0.15, 0.2) is 182 Å². The lowest BCUT2D eigenvalue weighted by Gasteiger charge is -2.22. The van der Waals surface area contributed by atoms with Crippen molar-refractivity contribution in [2.24, 2.45) is 0 Å². The molecule has 0 amide bonds. The van der Waals surface area contributed by atoms with Crippen LogP contribution in [0.5, 0.6) is 0 Å². The monoisotopic (exact) mass is 648 g/mol. The van der Waals surface area contributed by atoms with Crippen LogP contribution in [0.1, 0.15) is 25.0 Å². The second kappa shape index (κ2) is 11.4. The Hall–Kier alpha value is -6.24. The minimum absolute atomic E-state index is 0.0180. The summed E-state index contributed by atoms with van der Waals surface area (Å²) in [4.78, 5) is 0. The zero-order valence-corrected chi connectivity index (χ0v) is 28.8. The van der Waals surface area contributed by atoms with Crippen molar-refractivity contribution < 1.29 is 0 Å². The van der Waals surface area contributed by atoms with Crippen molar-refractivity contribution in [1.29, 1.82) is 0 Å². The molecule has 0 atom stereocenters. The summed E-state index contributed by atoms with van der Waals surface area (Å²) in [6, 6.07) is 67.4. The van der Waals surface area contributed by atoms with Gasteiger partial charge in [0.1, 0.15) is 0 Å². The first-order chi connectivity index (χ1) is 25.1. The molecule has 0 N–H and O–H groups in total. The maximum absolute atomic E-state index is 2.41. The van der Waals surface area contributed by atoms with Crippen molar-refractivity contribution in [3.05, 3.63) is 193 Å². The van der Waals surface area contributed by atoms with E-state index in [4.69, 9.17) is 0 Å². The fourth-order valence-corrected chi connectivity index (χ4v) is 8.78. The first-order valence-corrected chi connectivity index (χ1v) is 17.9. The second-order valence-corrected chi connectivity index (χ2v) is 14.5. The van der Waals surface area contributed by atoms with Gasteiger partial charge in [-0.25, -0.2) is 0 Å². The molecule has 10 rings (SSSR count). The Labute approximate surface area is 299 Å². The molecular formula is C51H36. The summed E-state index contributed by atoms with van der Waals surface area (Å²) >= 11 is 0. The maximum atomic E-state index is 2.41. The Balaban J connectivity index is 1.10. The highest BCUT2D eigenvalue weighted by Gasteiger charge is 2.35. The molecule has 0 spiro atoms. The summed E-state index contributed by atoms with van der Waals surface area (Å²) in [5.41, 5.74) is 15.5. The highest BCUT2D eigenvalue weighted by Crippen LogP contribution is 2.50. The normalized spacial score (nSPS) is 13.1. The summed E-state index contributed by atoms with van der Waals surface area (Å²) in [5.74, 6) is 0. The Bertz CT molecular complexity index is 2750. The Kier molecular flexibility index (Phi) is 6.63. The van der Waals surface area contributed by atoms with E-state index in [0.29, 0.717) is 0 Å². The number of hydrogen-bond donors (Lipinski definition) is 0. The predicted molar refractivity (Wildman–Crippen MR) is 218 cm³/mol. The van der Waals surface area contributed by atoms with E-state index in [1.54, 1.807) is 0 Å². The zero-order valence-electron chi connectivity index (χ0n) is 28.8. The van der Waals surface area contributed by atoms with Crippen LogP contribution < -0.4 is 0 Å². The highest BCUT2D eigenvalue weighted by molar-refractivity contribution is 6.21. The smallest absolute Gasteiger partial charge is 0.0159 e. The number of benzene rings is 9. The molecule has 240 valence electrons. The first kappa shape index (κ1) is 29.7. The lowest BCUT2D eigenvalue weighted by Crippen LogP contribution is -2.14. The molecule has 0 saturated carbocycles. The van der Waals surface area contributed by atoms with Gasteiger partial charge in [-0.05, 0) is 111 Å². The quantitative estimate of drug-likeness (QED) is 0.167. The van der Waals surface area contributed by atoms with E-state index < -0.39 is 0 Å². The van der Waals surface area contributed by atoms with E-state index in [-0.39, 0.29) is 5.41 Å². The highest BCUT2D eigenvalue weighted by atomic mass is 14.4. The average Bonchev–Trinajstić information content (AvgIpc) is 3.42. The molecule has 51 heavy (non-hydrogen) atoms. The minimum atomic E-state index is -0.0180. The first-order valence-electron chi connectivity index (χ1n) is 17.9. The third-order valence-electron chi connectivity index (χ3n) is 11.3. The molecule has 0 aliphatic heterocycles. The molecule has 9 aromatic rings. The van der Waals surface area contributed by atoms with Crippen LogP contribution in [0.2, 0.25) is 0 Å². The standard InChI is InChI=1S/C51H36/c1-51(2)47-24-10-9-18-41(47)42-30-29-36(32-48(42)51)33-25-27-35(28-26-33)49-43-19-5-7-21-45(43)50(46-22-8-6-20-44(46)49)38-16-11-15-37(31-38)40-23-12-14-34-13-3-4-17-39(34)40/h3-32H,1-2H3. The molecule has 0 unspecified atom stereocenters.